The van der Waals surface area contributed by atoms with Gasteiger partial charge in [-0.05, 0) is 24.3 Å². The first-order valence-corrected chi connectivity index (χ1v) is 5.55. The van der Waals surface area contributed by atoms with E-state index >= 15 is 0 Å². The Morgan fingerprint density at radius 1 is 1.25 bits per heavy atom. The van der Waals surface area contributed by atoms with Crippen LogP contribution in [0.2, 0.25) is 5.02 Å². The largest absolute Gasteiger partial charge is 0.378 e. The van der Waals surface area contributed by atoms with E-state index in [0.717, 1.165) is 24.5 Å². The Balaban J connectivity index is 2.18. The van der Waals surface area contributed by atoms with E-state index in [1.807, 2.05) is 24.3 Å². The van der Waals surface area contributed by atoms with Crippen LogP contribution in [-0.4, -0.2) is 37.0 Å². The number of benzene rings is 1. The van der Waals surface area contributed by atoms with Crippen LogP contribution < -0.4 is 5.84 Å². The summed E-state index contributed by atoms with van der Waals surface area (Å²) < 4.78 is 5.29. The summed E-state index contributed by atoms with van der Waals surface area (Å²) >= 11 is 5.84. The molecule has 86 valence electrons. The molecule has 0 aromatic heterocycles. The van der Waals surface area contributed by atoms with Gasteiger partial charge in [-0.2, -0.15) is 5.10 Å². The minimum atomic E-state index is 0.710. The summed E-state index contributed by atoms with van der Waals surface area (Å²) in [7, 11) is 0. The summed E-state index contributed by atoms with van der Waals surface area (Å²) in [6.45, 7) is 3.07. The SMILES string of the molecule is NN=C(c1ccc(Cl)cc1)N1CCOCC1. The van der Waals surface area contributed by atoms with E-state index < -0.39 is 0 Å². The molecule has 0 atom stereocenters. The highest BCUT2D eigenvalue weighted by Crippen LogP contribution is 2.12. The average Bonchev–Trinajstić information content (AvgIpc) is 2.34. The van der Waals surface area contributed by atoms with Gasteiger partial charge in [0, 0.05) is 23.7 Å². The lowest BCUT2D eigenvalue weighted by Crippen LogP contribution is -2.41. The zero-order valence-electron chi connectivity index (χ0n) is 8.90. The quantitative estimate of drug-likeness (QED) is 0.348. The van der Waals surface area contributed by atoms with Crippen molar-refractivity contribution in [3.63, 3.8) is 0 Å². The number of morpholine rings is 1. The van der Waals surface area contributed by atoms with E-state index in [-0.39, 0.29) is 0 Å². The molecule has 0 unspecified atom stereocenters. The molecule has 1 aromatic rings. The molecule has 0 amide bonds. The van der Waals surface area contributed by atoms with Crippen molar-refractivity contribution < 1.29 is 4.74 Å². The van der Waals surface area contributed by atoms with Crippen molar-refractivity contribution in [3.8, 4) is 0 Å². The number of rotatable bonds is 1. The highest BCUT2D eigenvalue weighted by Gasteiger charge is 2.16. The van der Waals surface area contributed by atoms with Crippen LogP contribution >= 0.6 is 11.6 Å². The number of nitrogens with two attached hydrogens (primary N) is 1. The van der Waals surface area contributed by atoms with Gasteiger partial charge in [0.05, 0.1) is 13.2 Å². The van der Waals surface area contributed by atoms with Crippen LogP contribution in [0.15, 0.2) is 29.4 Å². The number of nitrogens with zero attached hydrogens (tertiary/aromatic N) is 2. The average molecular weight is 240 g/mol. The Labute approximate surface area is 99.6 Å². The minimum Gasteiger partial charge on any atom is -0.378 e. The lowest BCUT2D eigenvalue weighted by molar-refractivity contribution is 0.0682. The monoisotopic (exact) mass is 239 g/mol. The Bertz CT molecular complexity index is 371. The topological polar surface area (TPSA) is 50.8 Å². The van der Waals surface area contributed by atoms with Crippen LogP contribution in [-0.2, 0) is 4.74 Å². The molecule has 2 rings (SSSR count). The van der Waals surface area contributed by atoms with E-state index in [4.69, 9.17) is 22.2 Å². The van der Waals surface area contributed by atoms with Crippen LogP contribution in [0.3, 0.4) is 0 Å². The Kier molecular flexibility index (Phi) is 3.64. The molecule has 1 aromatic carbocycles. The van der Waals surface area contributed by atoms with Crippen LogP contribution in [0.4, 0.5) is 0 Å². The third-order valence-corrected chi connectivity index (χ3v) is 2.79. The number of hydrazone groups is 1. The summed E-state index contributed by atoms with van der Waals surface area (Å²) in [6, 6.07) is 7.51. The summed E-state index contributed by atoms with van der Waals surface area (Å²) in [5.41, 5.74) is 0.980. The van der Waals surface area contributed by atoms with Crippen LogP contribution in [0.25, 0.3) is 0 Å². The van der Waals surface area contributed by atoms with Gasteiger partial charge in [-0.3, -0.25) is 0 Å². The van der Waals surface area contributed by atoms with Crippen molar-refractivity contribution >= 4 is 17.4 Å². The highest BCUT2D eigenvalue weighted by molar-refractivity contribution is 6.30. The Hall–Kier alpha value is -1.26. The smallest absolute Gasteiger partial charge is 0.155 e. The Morgan fingerprint density at radius 2 is 1.88 bits per heavy atom. The summed E-state index contributed by atoms with van der Waals surface area (Å²) in [6.07, 6.45) is 0. The second-order valence-electron chi connectivity index (χ2n) is 3.56. The summed E-state index contributed by atoms with van der Waals surface area (Å²) in [5, 5.41) is 4.57. The first-order valence-electron chi connectivity index (χ1n) is 5.18. The van der Waals surface area contributed by atoms with Crippen molar-refractivity contribution in [1.82, 2.24) is 4.90 Å². The molecule has 4 nitrogen and oxygen atoms in total. The lowest BCUT2D eigenvalue weighted by Gasteiger charge is -2.29. The zero-order valence-corrected chi connectivity index (χ0v) is 9.65. The third kappa shape index (κ3) is 2.46. The van der Waals surface area contributed by atoms with Crippen molar-refractivity contribution in [2.24, 2.45) is 10.9 Å². The maximum absolute atomic E-state index is 5.84. The molecule has 1 aliphatic rings. The maximum Gasteiger partial charge on any atom is 0.155 e. The molecule has 16 heavy (non-hydrogen) atoms. The fourth-order valence-electron chi connectivity index (χ4n) is 1.71. The van der Waals surface area contributed by atoms with Gasteiger partial charge < -0.3 is 15.5 Å². The highest BCUT2D eigenvalue weighted by atomic mass is 35.5. The molecule has 5 heteroatoms. The lowest BCUT2D eigenvalue weighted by atomic mass is 10.2. The third-order valence-electron chi connectivity index (χ3n) is 2.54. The number of ether oxygens (including phenoxy) is 1. The number of amidine groups is 1. The first-order chi connectivity index (χ1) is 7.81. The van der Waals surface area contributed by atoms with Gasteiger partial charge in [0.15, 0.2) is 5.84 Å². The molecule has 1 saturated heterocycles. The van der Waals surface area contributed by atoms with E-state index in [0.29, 0.717) is 18.2 Å². The van der Waals surface area contributed by atoms with E-state index in [1.54, 1.807) is 0 Å². The zero-order chi connectivity index (χ0) is 11.4. The van der Waals surface area contributed by atoms with Crippen molar-refractivity contribution in [3.05, 3.63) is 34.9 Å². The standard InChI is InChI=1S/C11H14ClN3O/c12-10-3-1-9(2-4-10)11(14-13)15-5-7-16-8-6-15/h1-4H,5-8,13H2. The summed E-state index contributed by atoms with van der Waals surface area (Å²) in [5.74, 6) is 6.24. The first kappa shape index (κ1) is 11.2. The molecule has 1 fully saturated rings. The van der Waals surface area contributed by atoms with E-state index in [1.165, 1.54) is 0 Å². The van der Waals surface area contributed by atoms with Gasteiger partial charge >= 0.3 is 0 Å². The molecule has 0 spiro atoms. The molecular formula is C11H14ClN3O. The maximum atomic E-state index is 5.84. The molecule has 1 aliphatic heterocycles. The van der Waals surface area contributed by atoms with Crippen LogP contribution in [0, 0.1) is 0 Å². The van der Waals surface area contributed by atoms with E-state index in [2.05, 4.69) is 10.0 Å². The Morgan fingerprint density at radius 3 is 2.44 bits per heavy atom. The molecular weight excluding hydrogens is 226 g/mol. The van der Waals surface area contributed by atoms with Crippen molar-refractivity contribution in [2.45, 2.75) is 0 Å². The number of halogens is 1. The van der Waals surface area contributed by atoms with Crippen LogP contribution in [0.1, 0.15) is 5.56 Å². The van der Waals surface area contributed by atoms with Gasteiger partial charge in [-0.25, -0.2) is 0 Å². The van der Waals surface area contributed by atoms with Crippen molar-refractivity contribution in [1.29, 1.82) is 0 Å². The molecule has 2 N–H and O–H groups in total. The molecule has 0 radical (unpaired) electrons. The fraction of sp³-hybridized carbons (Fsp3) is 0.364. The van der Waals surface area contributed by atoms with Gasteiger partial charge in [0.25, 0.3) is 0 Å². The fourth-order valence-corrected chi connectivity index (χ4v) is 1.84. The second kappa shape index (κ2) is 5.18. The van der Waals surface area contributed by atoms with Gasteiger partial charge in [0.2, 0.25) is 0 Å². The number of hydrogen-bond donors (Lipinski definition) is 1. The predicted molar refractivity (Wildman–Crippen MR) is 64.6 cm³/mol. The normalized spacial score (nSPS) is 17.6. The molecule has 0 aliphatic carbocycles. The summed E-state index contributed by atoms with van der Waals surface area (Å²) in [4.78, 5) is 2.12. The van der Waals surface area contributed by atoms with Gasteiger partial charge in [-0.15, -0.1) is 0 Å². The predicted octanol–water partition coefficient (Wildman–Crippen LogP) is 1.29. The van der Waals surface area contributed by atoms with Crippen LogP contribution in [0.5, 0.6) is 0 Å². The molecule has 1 heterocycles. The minimum absolute atomic E-state index is 0.710. The second-order valence-corrected chi connectivity index (χ2v) is 4.00. The number of hydrogen-bond acceptors (Lipinski definition) is 3. The van der Waals surface area contributed by atoms with E-state index in [9.17, 15) is 0 Å². The van der Waals surface area contributed by atoms with Crippen molar-refractivity contribution in [2.75, 3.05) is 26.3 Å². The van der Waals surface area contributed by atoms with Gasteiger partial charge in [-0.1, -0.05) is 11.6 Å². The molecule has 0 bridgehead atoms. The van der Waals surface area contributed by atoms with Gasteiger partial charge in [0.1, 0.15) is 0 Å². The molecule has 0 saturated carbocycles.